The summed E-state index contributed by atoms with van der Waals surface area (Å²) >= 11 is 1.62. The minimum absolute atomic E-state index is 0.0255. The molecule has 0 unspecified atom stereocenters. The van der Waals surface area contributed by atoms with Crippen LogP contribution >= 0.6 is 11.8 Å². The number of carbonyl (C=O) groups is 2. The molecule has 5 heteroatoms. The monoisotopic (exact) mass is 231 g/mol. The molecule has 15 heavy (non-hydrogen) atoms. The van der Waals surface area contributed by atoms with Gasteiger partial charge in [0.1, 0.15) is 0 Å². The minimum Gasteiger partial charge on any atom is -0.481 e. The van der Waals surface area contributed by atoms with Crippen LogP contribution in [0.25, 0.3) is 0 Å². The van der Waals surface area contributed by atoms with Crippen molar-refractivity contribution in [2.24, 2.45) is 5.92 Å². The molecule has 1 aliphatic carbocycles. The van der Waals surface area contributed by atoms with Crippen molar-refractivity contribution in [3.05, 3.63) is 0 Å². The van der Waals surface area contributed by atoms with E-state index >= 15 is 0 Å². The summed E-state index contributed by atoms with van der Waals surface area (Å²) in [5, 5.41) is 11.7. The minimum atomic E-state index is -0.789. The Morgan fingerprint density at radius 1 is 1.47 bits per heavy atom. The van der Waals surface area contributed by atoms with Crippen LogP contribution in [-0.4, -0.2) is 35.0 Å². The molecule has 0 aromatic carbocycles. The van der Waals surface area contributed by atoms with Crippen LogP contribution in [0, 0.1) is 5.92 Å². The van der Waals surface area contributed by atoms with Crippen LogP contribution < -0.4 is 5.32 Å². The third-order valence-electron chi connectivity index (χ3n) is 2.71. The number of nitrogens with one attached hydrogen (secondary N) is 1. The van der Waals surface area contributed by atoms with E-state index in [1.165, 1.54) is 0 Å². The number of aliphatic carboxylic acids is 1. The highest BCUT2D eigenvalue weighted by Gasteiger charge is 2.33. The Bertz CT molecular complexity index is 245. The van der Waals surface area contributed by atoms with Crippen molar-refractivity contribution in [2.45, 2.75) is 31.7 Å². The van der Waals surface area contributed by atoms with Crippen molar-refractivity contribution in [3.8, 4) is 0 Å². The maximum atomic E-state index is 11.4. The van der Waals surface area contributed by atoms with E-state index in [-0.39, 0.29) is 17.9 Å². The molecule has 4 nitrogen and oxygen atoms in total. The first-order valence-corrected chi connectivity index (χ1v) is 6.55. The molecule has 0 aliphatic heterocycles. The van der Waals surface area contributed by atoms with E-state index in [2.05, 4.69) is 5.32 Å². The first-order chi connectivity index (χ1) is 7.15. The Morgan fingerprint density at radius 3 is 2.80 bits per heavy atom. The van der Waals surface area contributed by atoms with E-state index in [0.717, 1.165) is 18.6 Å². The molecule has 2 atom stereocenters. The van der Waals surface area contributed by atoms with Gasteiger partial charge in [0.05, 0.1) is 5.92 Å². The van der Waals surface area contributed by atoms with Crippen molar-refractivity contribution < 1.29 is 14.7 Å². The van der Waals surface area contributed by atoms with Crippen LogP contribution in [0.4, 0.5) is 0 Å². The fourth-order valence-corrected chi connectivity index (χ4v) is 2.29. The van der Waals surface area contributed by atoms with Crippen LogP contribution in [-0.2, 0) is 9.59 Å². The average Bonchev–Trinajstić information content (AvgIpc) is 2.62. The van der Waals surface area contributed by atoms with Crippen LogP contribution in [0.5, 0.6) is 0 Å². The average molecular weight is 231 g/mol. The maximum absolute atomic E-state index is 11.4. The lowest BCUT2D eigenvalue weighted by Crippen LogP contribution is -2.40. The standard InChI is InChI=1S/C10H17NO3S/c1-15-6-5-9(12)11-8-4-2-3-7(8)10(13)14/h7-8H,2-6H2,1H3,(H,11,12)(H,13,14)/t7-,8+/m0/s1. The molecule has 86 valence electrons. The number of amides is 1. The van der Waals surface area contributed by atoms with E-state index in [4.69, 9.17) is 5.11 Å². The number of carbonyl (C=O) groups excluding carboxylic acids is 1. The molecule has 1 saturated carbocycles. The molecule has 2 N–H and O–H groups in total. The highest BCUT2D eigenvalue weighted by Crippen LogP contribution is 2.25. The highest BCUT2D eigenvalue weighted by atomic mass is 32.2. The summed E-state index contributed by atoms with van der Waals surface area (Å²) in [6.07, 6.45) is 4.79. The molecule has 1 rings (SSSR count). The van der Waals surface area contributed by atoms with Crippen molar-refractivity contribution in [1.29, 1.82) is 0 Å². The van der Waals surface area contributed by atoms with Crippen molar-refractivity contribution >= 4 is 23.6 Å². The molecule has 0 bridgehead atoms. The lowest BCUT2D eigenvalue weighted by molar-refractivity contribution is -0.142. The molecule has 1 aliphatic rings. The van der Waals surface area contributed by atoms with Gasteiger partial charge in [0.2, 0.25) is 5.91 Å². The van der Waals surface area contributed by atoms with Crippen LogP contribution in [0.15, 0.2) is 0 Å². The second-order valence-electron chi connectivity index (χ2n) is 3.79. The first kappa shape index (κ1) is 12.4. The molecule has 0 radical (unpaired) electrons. The van der Waals surface area contributed by atoms with E-state index in [9.17, 15) is 9.59 Å². The Balaban J connectivity index is 2.36. The van der Waals surface area contributed by atoms with E-state index in [1.807, 2.05) is 6.26 Å². The molecule has 0 aromatic rings. The van der Waals surface area contributed by atoms with Gasteiger partial charge in [-0.2, -0.15) is 11.8 Å². The summed E-state index contributed by atoms with van der Waals surface area (Å²) in [6, 6.07) is -0.156. The molecule has 0 aromatic heterocycles. The van der Waals surface area contributed by atoms with Crippen LogP contribution in [0.1, 0.15) is 25.7 Å². The Labute approximate surface area is 93.8 Å². The number of rotatable bonds is 5. The van der Waals surface area contributed by atoms with Gasteiger partial charge < -0.3 is 10.4 Å². The van der Waals surface area contributed by atoms with Gasteiger partial charge in [0, 0.05) is 18.2 Å². The maximum Gasteiger partial charge on any atom is 0.308 e. The normalized spacial score (nSPS) is 25.1. The van der Waals surface area contributed by atoms with Crippen molar-refractivity contribution in [1.82, 2.24) is 5.32 Å². The zero-order valence-corrected chi connectivity index (χ0v) is 9.68. The quantitative estimate of drug-likeness (QED) is 0.744. The second kappa shape index (κ2) is 6.00. The van der Waals surface area contributed by atoms with E-state index < -0.39 is 5.97 Å². The van der Waals surface area contributed by atoms with Gasteiger partial charge in [-0.3, -0.25) is 9.59 Å². The number of carboxylic acid groups (broad SMARTS) is 1. The zero-order chi connectivity index (χ0) is 11.3. The summed E-state index contributed by atoms with van der Waals surface area (Å²) in [7, 11) is 0. The number of carboxylic acids is 1. The SMILES string of the molecule is CSCCC(=O)N[C@@H]1CCC[C@@H]1C(=O)O. The van der Waals surface area contributed by atoms with Crippen molar-refractivity contribution in [3.63, 3.8) is 0 Å². The number of thioether (sulfide) groups is 1. The molecule has 0 saturated heterocycles. The summed E-state index contributed by atoms with van der Waals surface area (Å²) in [4.78, 5) is 22.3. The number of hydrogen-bond donors (Lipinski definition) is 2. The van der Waals surface area contributed by atoms with Gasteiger partial charge in [-0.25, -0.2) is 0 Å². The van der Waals surface area contributed by atoms with Crippen LogP contribution in [0.3, 0.4) is 0 Å². The molecular weight excluding hydrogens is 214 g/mol. The molecule has 1 fully saturated rings. The second-order valence-corrected chi connectivity index (χ2v) is 4.78. The van der Waals surface area contributed by atoms with Gasteiger partial charge in [-0.15, -0.1) is 0 Å². The van der Waals surface area contributed by atoms with Gasteiger partial charge in [-0.05, 0) is 19.1 Å². The summed E-state index contributed by atoms with van der Waals surface area (Å²) < 4.78 is 0. The predicted molar refractivity (Wildman–Crippen MR) is 59.9 cm³/mol. The van der Waals surface area contributed by atoms with Gasteiger partial charge in [-0.1, -0.05) is 6.42 Å². The van der Waals surface area contributed by atoms with Gasteiger partial charge >= 0.3 is 5.97 Å². The summed E-state index contributed by atoms with van der Waals surface area (Å²) in [6.45, 7) is 0. The van der Waals surface area contributed by atoms with Crippen molar-refractivity contribution in [2.75, 3.05) is 12.0 Å². The van der Waals surface area contributed by atoms with Gasteiger partial charge in [0.15, 0.2) is 0 Å². The lowest BCUT2D eigenvalue weighted by Gasteiger charge is -2.17. The topological polar surface area (TPSA) is 66.4 Å². The molecule has 0 spiro atoms. The van der Waals surface area contributed by atoms with E-state index in [1.54, 1.807) is 11.8 Å². The van der Waals surface area contributed by atoms with Gasteiger partial charge in [0.25, 0.3) is 0 Å². The lowest BCUT2D eigenvalue weighted by atomic mass is 10.0. The molecule has 0 heterocycles. The fourth-order valence-electron chi connectivity index (χ4n) is 1.90. The van der Waals surface area contributed by atoms with E-state index in [0.29, 0.717) is 12.8 Å². The highest BCUT2D eigenvalue weighted by molar-refractivity contribution is 7.98. The predicted octanol–water partition coefficient (Wildman–Crippen LogP) is 1.11. The first-order valence-electron chi connectivity index (χ1n) is 5.16. The third-order valence-corrected chi connectivity index (χ3v) is 3.33. The zero-order valence-electron chi connectivity index (χ0n) is 8.86. The Morgan fingerprint density at radius 2 is 2.20 bits per heavy atom. The van der Waals surface area contributed by atoms with Crippen LogP contribution in [0.2, 0.25) is 0 Å². The molecular formula is C10H17NO3S. The smallest absolute Gasteiger partial charge is 0.308 e. The summed E-state index contributed by atoms with van der Waals surface area (Å²) in [5.74, 6) is -0.413. The Kier molecular flexibility index (Phi) is 4.94. The summed E-state index contributed by atoms with van der Waals surface area (Å²) in [5.41, 5.74) is 0. The third kappa shape index (κ3) is 3.74. The Hall–Kier alpha value is -0.710. The fraction of sp³-hybridized carbons (Fsp3) is 0.800. The molecule has 1 amide bonds. The number of hydrogen-bond acceptors (Lipinski definition) is 3. The largest absolute Gasteiger partial charge is 0.481 e.